The summed E-state index contributed by atoms with van der Waals surface area (Å²) in [6, 6.07) is 4.05. The average Bonchev–Trinajstić information content (AvgIpc) is 2.40. The summed E-state index contributed by atoms with van der Waals surface area (Å²) in [5.41, 5.74) is 2.21. The van der Waals surface area contributed by atoms with E-state index in [1.807, 2.05) is 13.0 Å². The molecule has 1 heterocycles. The molecule has 1 aliphatic rings. The molecule has 1 unspecified atom stereocenters. The van der Waals surface area contributed by atoms with Gasteiger partial charge in [0.25, 0.3) is 0 Å². The van der Waals surface area contributed by atoms with Gasteiger partial charge in [-0.1, -0.05) is 6.07 Å². The molecule has 1 saturated heterocycles. The van der Waals surface area contributed by atoms with Crippen molar-refractivity contribution in [2.24, 2.45) is 0 Å². The van der Waals surface area contributed by atoms with Crippen molar-refractivity contribution in [1.29, 1.82) is 0 Å². The minimum absolute atomic E-state index is 0.223. The molecule has 1 N–H and O–H groups in total. The molecule has 18 heavy (non-hydrogen) atoms. The number of rotatable bonds is 4. The summed E-state index contributed by atoms with van der Waals surface area (Å²) in [5, 5.41) is 3.34. The third-order valence-electron chi connectivity index (χ3n) is 3.31. The normalized spacial score (nSPS) is 19.6. The Labute approximate surface area is 108 Å². The van der Waals surface area contributed by atoms with E-state index in [0.717, 1.165) is 43.2 Å². The fourth-order valence-corrected chi connectivity index (χ4v) is 2.39. The van der Waals surface area contributed by atoms with Crippen molar-refractivity contribution >= 4 is 0 Å². The molecular weight excluding hydrogens is 230 g/mol. The first-order valence-corrected chi connectivity index (χ1v) is 6.29. The van der Waals surface area contributed by atoms with Gasteiger partial charge in [-0.2, -0.15) is 0 Å². The zero-order valence-corrected chi connectivity index (χ0v) is 11.3. The van der Waals surface area contributed by atoms with Crippen LogP contribution in [0.3, 0.4) is 0 Å². The molecule has 0 spiro atoms. The molecule has 4 heteroatoms. The van der Waals surface area contributed by atoms with E-state index in [2.05, 4.69) is 11.4 Å². The highest BCUT2D eigenvalue weighted by Gasteiger charge is 2.18. The number of hydrogen-bond acceptors (Lipinski definition) is 4. The van der Waals surface area contributed by atoms with Crippen molar-refractivity contribution in [2.75, 3.05) is 33.9 Å². The Morgan fingerprint density at radius 1 is 1.33 bits per heavy atom. The van der Waals surface area contributed by atoms with E-state index in [0.29, 0.717) is 0 Å². The summed E-state index contributed by atoms with van der Waals surface area (Å²) in [7, 11) is 3.38. The van der Waals surface area contributed by atoms with E-state index in [1.165, 1.54) is 5.56 Å². The van der Waals surface area contributed by atoms with Gasteiger partial charge in [0, 0.05) is 25.1 Å². The number of methoxy groups -OCH3 is 2. The maximum Gasteiger partial charge on any atom is 0.128 e. The predicted octanol–water partition coefficient (Wildman–Crippen LogP) is 1.54. The molecule has 0 amide bonds. The number of hydrogen-bond donors (Lipinski definition) is 1. The molecule has 0 aliphatic carbocycles. The fraction of sp³-hybridized carbons (Fsp3) is 0.571. The summed E-state index contributed by atoms with van der Waals surface area (Å²) in [6.45, 7) is 4.63. The molecule has 0 bridgehead atoms. The van der Waals surface area contributed by atoms with Crippen LogP contribution in [0, 0.1) is 6.92 Å². The third-order valence-corrected chi connectivity index (χ3v) is 3.31. The molecule has 0 radical (unpaired) electrons. The Balaban J connectivity index is 2.18. The Bertz CT molecular complexity index is 400. The number of nitrogens with one attached hydrogen (secondary N) is 1. The zero-order valence-electron chi connectivity index (χ0n) is 11.3. The van der Waals surface area contributed by atoms with E-state index in [1.54, 1.807) is 14.2 Å². The molecule has 1 aliphatic heterocycles. The second-order valence-electron chi connectivity index (χ2n) is 4.49. The predicted molar refractivity (Wildman–Crippen MR) is 70.6 cm³/mol. The largest absolute Gasteiger partial charge is 0.496 e. The van der Waals surface area contributed by atoms with Gasteiger partial charge in [0.05, 0.1) is 26.9 Å². The second kappa shape index (κ2) is 6.07. The molecular formula is C14H21NO3. The van der Waals surface area contributed by atoms with Crippen molar-refractivity contribution in [3.63, 3.8) is 0 Å². The first-order chi connectivity index (χ1) is 8.76. The Morgan fingerprint density at radius 2 is 2.17 bits per heavy atom. The standard InChI is InChI=1S/C14H21NO3/c1-10-13(16-2)5-4-11(14(10)17-3)8-12-9-15-6-7-18-12/h4-5,12,15H,6-9H2,1-3H3. The van der Waals surface area contributed by atoms with E-state index in [4.69, 9.17) is 14.2 Å². The van der Waals surface area contributed by atoms with Crippen molar-refractivity contribution in [2.45, 2.75) is 19.4 Å². The summed E-state index contributed by atoms with van der Waals surface area (Å²) in [5.74, 6) is 1.77. The van der Waals surface area contributed by atoms with Gasteiger partial charge >= 0.3 is 0 Å². The lowest BCUT2D eigenvalue weighted by Gasteiger charge is -2.25. The van der Waals surface area contributed by atoms with Crippen molar-refractivity contribution in [3.8, 4) is 11.5 Å². The lowest BCUT2D eigenvalue weighted by atomic mass is 10.0. The van der Waals surface area contributed by atoms with Gasteiger partial charge in [-0.15, -0.1) is 0 Å². The average molecular weight is 251 g/mol. The van der Waals surface area contributed by atoms with Crippen LogP contribution in [-0.4, -0.2) is 40.0 Å². The zero-order chi connectivity index (χ0) is 13.0. The lowest BCUT2D eigenvalue weighted by Crippen LogP contribution is -2.39. The minimum Gasteiger partial charge on any atom is -0.496 e. The molecule has 1 atom stereocenters. The maximum atomic E-state index is 5.73. The summed E-state index contributed by atoms with van der Waals surface area (Å²) in [6.07, 6.45) is 1.08. The lowest BCUT2D eigenvalue weighted by molar-refractivity contribution is 0.0289. The van der Waals surface area contributed by atoms with Crippen LogP contribution in [0.25, 0.3) is 0 Å². The SMILES string of the molecule is COc1ccc(CC2CNCCO2)c(OC)c1C. The van der Waals surface area contributed by atoms with Crippen LogP contribution < -0.4 is 14.8 Å². The van der Waals surface area contributed by atoms with Crippen LogP contribution in [0.1, 0.15) is 11.1 Å². The van der Waals surface area contributed by atoms with Crippen LogP contribution in [0.2, 0.25) is 0 Å². The molecule has 1 aromatic carbocycles. The van der Waals surface area contributed by atoms with Gasteiger partial charge < -0.3 is 19.5 Å². The highest BCUT2D eigenvalue weighted by molar-refractivity contribution is 5.49. The summed E-state index contributed by atoms with van der Waals surface area (Å²) >= 11 is 0. The Morgan fingerprint density at radius 3 is 2.78 bits per heavy atom. The number of morpholine rings is 1. The minimum atomic E-state index is 0.223. The van der Waals surface area contributed by atoms with Gasteiger partial charge in [-0.05, 0) is 18.6 Å². The second-order valence-corrected chi connectivity index (χ2v) is 4.49. The monoisotopic (exact) mass is 251 g/mol. The molecule has 1 aromatic rings. The van der Waals surface area contributed by atoms with E-state index in [-0.39, 0.29) is 6.10 Å². The highest BCUT2D eigenvalue weighted by Crippen LogP contribution is 2.32. The number of benzene rings is 1. The maximum absolute atomic E-state index is 5.73. The Kier molecular flexibility index (Phi) is 4.44. The Hall–Kier alpha value is -1.26. The van der Waals surface area contributed by atoms with Crippen LogP contribution in [0.4, 0.5) is 0 Å². The summed E-state index contributed by atoms with van der Waals surface area (Å²) < 4.78 is 16.5. The fourth-order valence-electron chi connectivity index (χ4n) is 2.39. The quantitative estimate of drug-likeness (QED) is 0.881. The van der Waals surface area contributed by atoms with Gasteiger partial charge in [-0.25, -0.2) is 0 Å². The molecule has 4 nitrogen and oxygen atoms in total. The van der Waals surface area contributed by atoms with Gasteiger partial charge in [0.2, 0.25) is 0 Å². The van der Waals surface area contributed by atoms with Crippen molar-refractivity contribution in [3.05, 3.63) is 23.3 Å². The van der Waals surface area contributed by atoms with E-state index in [9.17, 15) is 0 Å². The molecule has 1 fully saturated rings. The summed E-state index contributed by atoms with van der Waals surface area (Å²) in [4.78, 5) is 0. The molecule has 0 saturated carbocycles. The third kappa shape index (κ3) is 2.76. The molecule has 0 aromatic heterocycles. The highest BCUT2D eigenvalue weighted by atomic mass is 16.5. The van der Waals surface area contributed by atoms with Gasteiger partial charge in [0.15, 0.2) is 0 Å². The number of ether oxygens (including phenoxy) is 3. The smallest absolute Gasteiger partial charge is 0.128 e. The molecule has 100 valence electrons. The first kappa shape index (κ1) is 13.2. The van der Waals surface area contributed by atoms with Crippen LogP contribution >= 0.6 is 0 Å². The van der Waals surface area contributed by atoms with Crippen LogP contribution in [0.5, 0.6) is 11.5 Å². The van der Waals surface area contributed by atoms with Crippen molar-refractivity contribution in [1.82, 2.24) is 5.32 Å². The van der Waals surface area contributed by atoms with Crippen molar-refractivity contribution < 1.29 is 14.2 Å². The molecule has 2 rings (SSSR count). The van der Waals surface area contributed by atoms with Gasteiger partial charge in [-0.3, -0.25) is 0 Å². The van der Waals surface area contributed by atoms with E-state index < -0.39 is 0 Å². The van der Waals surface area contributed by atoms with Gasteiger partial charge in [0.1, 0.15) is 11.5 Å². The van der Waals surface area contributed by atoms with Crippen LogP contribution in [-0.2, 0) is 11.2 Å². The topological polar surface area (TPSA) is 39.7 Å². The first-order valence-electron chi connectivity index (χ1n) is 6.29. The van der Waals surface area contributed by atoms with Crippen LogP contribution in [0.15, 0.2) is 12.1 Å². The van der Waals surface area contributed by atoms with E-state index >= 15 is 0 Å².